The minimum absolute atomic E-state index is 0.477. The zero-order valence-electron chi connectivity index (χ0n) is 9.54. The molecule has 0 N–H and O–H groups in total. The lowest BCUT2D eigenvalue weighted by Gasteiger charge is -1.98. The Morgan fingerprint density at radius 1 is 1.11 bits per heavy atom. The number of hydrogen-bond donors (Lipinski definition) is 0. The summed E-state index contributed by atoms with van der Waals surface area (Å²) < 4.78 is 0. The molecule has 1 aromatic heterocycles. The molecule has 0 aliphatic rings. The summed E-state index contributed by atoms with van der Waals surface area (Å²) in [6, 6.07) is 16.7. The summed E-state index contributed by atoms with van der Waals surface area (Å²) in [5.74, 6) is 0. The third-order valence-corrected chi connectivity index (χ3v) is 2.39. The number of rotatable bonds is 2. The maximum atomic E-state index is 9.14. The van der Waals surface area contributed by atoms with Gasteiger partial charge in [0.25, 0.3) is 0 Å². The second-order valence-corrected chi connectivity index (χ2v) is 3.62. The van der Waals surface area contributed by atoms with E-state index < -0.39 is 0 Å². The summed E-state index contributed by atoms with van der Waals surface area (Å²) in [5, 5.41) is 18.0. The second kappa shape index (κ2) is 5.43. The van der Waals surface area contributed by atoms with Crippen LogP contribution in [-0.4, -0.2) is 4.98 Å². The lowest BCUT2D eigenvalue weighted by atomic mass is 10.1. The van der Waals surface area contributed by atoms with Crippen molar-refractivity contribution in [2.24, 2.45) is 0 Å². The van der Waals surface area contributed by atoms with Gasteiger partial charge in [0.15, 0.2) is 0 Å². The lowest BCUT2D eigenvalue weighted by Crippen LogP contribution is -1.86. The van der Waals surface area contributed by atoms with Crippen molar-refractivity contribution in [2.75, 3.05) is 0 Å². The van der Waals surface area contributed by atoms with Gasteiger partial charge >= 0.3 is 0 Å². The molecule has 0 fully saturated rings. The van der Waals surface area contributed by atoms with Gasteiger partial charge in [-0.05, 0) is 35.9 Å². The Morgan fingerprint density at radius 2 is 2.00 bits per heavy atom. The second-order valence-electron chi connectivity index (χ2n) is 3.62. The molecule has 2 aromatic rings. The van der Waals surface area contributed by atoms with Crippen molar-refractivity contribution in [3.05, 3.63) is 65.5 Å². The summed E-state index contributed by atoms with van der Waals surface area (Å²) in [6.45, 7) is 0. The Kier molecular flexibility index (Phi) is 3.49. The van der Waals surface area contributed by atoms with Crippen LogP contribution in [0.4, 0.5) is 0 Å². The first-order valence-electron chi connectivity index (χ1n) is 5.37. The zero-order chi connectivity index (χ0) is 12.8. The smallest absolute Gasteiger partial charge is 0.101 e. The molecule has 1 heterocycles. The molecule has 84 valence electrons. The monoisotopic (exact) mass is 231 g/mol. The number of hydrogen-bond acceptors (Lipinski definition) is 3. The summed E-state index contributed by atoms with van der Waals surface area (Å²) >= 11 is 0. The molecule has 2 rings (SSSR count). The molecular weight excluding hydrogens is 222 g/mol. The van der Waals surface area contributed by atoms with Crippen LogP contribution in [0.3, 0.4) is 0 Å². The molecule has 3 nitrogen and oxygen atoms in total. The van der Waals surface area contributed by atoms with Crippen molar-refractivity contribution < 1.29 is 0 Å². The van der Waals surface area contributed by atoms with Gasteiger partial charge in [-0.15, -0.1) is 0 Å². The number of pyridine rings is 1. The summed E-state index contributed by atoms with van der Waals surface area (Å²) in [4.78, 5) is 4.13. The van der Waals surface area contributed by atoms with Crippen molar-refractivity contribution >= 4 is 11.6 Å². The molecule has 0 saturated carbocycles. The third kappa shape index (κ3) is 2.61. The van der Waals surface area contributed by atoms with Crippen LogP contribution in [0.2, 0.25) is 0 Å². The van der Waals surface area contributed by atoms with Crippen molar-refractivity contribution in [1.29, 1.82) is 10.5 Å². The normalized spacial score (nSPS) is 10.4. The predicted molar refractivity (Wildman–Crippen MR) is 68.9 cm³/mol. The summed E-state index contributed by atoms with van der Waals surface area (Å²) in [7, 11) is 0. The van der Waals surface area contributed by atoms with E-state index in [9.17, 15) is 0 Å². The molecule has 0 spiro atoms. The average molecular weight is 231 g/mol. The Morgan fingerprint density at radius 3 is 2.67 bits per heavy atom. The lowest BCUT2D eigenvalue weighted by molar-refractivity contribution is 1.28. The third-order valence-electron chi connectivity index (χ3n) is 2.39. The van der Waals surface area contributed by atoms with E-state index >= 15 is 0 Å². The van der Waals surface area contributed by atoms with E-state index in [1.807, 2.05) is 12.1 Å². The van der Waals surface area contributed by atoms with Gasteiger partial charge in [-0.3, -0.25) is 4.98 Å². The van der Waals surface area contributed by atoms with E-state index in [4.69, 9.17) is 10.5 Å². The highest BCUT2D eigenvalue weighted by Crippen LogP contribution is 2.16. The van der Waals surface area contributed by atoms with Crippen LogP contribution in [-0.2, 0) is 0 Å². The first kappa shape index (κ1) is 11.6. The minimum Gasteiger partial charge on any atom is -0.256 e. The standard InChI is InChI=1S/C15H9N3/c16-10-13-5-3-4-12(8-13)9-14(11-17)15-6-1-2-7-18-15/h1-9H/b14-9+. The fourth-order valence-electron chi connectivity index (χ4n) is 1.55. The molecule has 0 radical (unpaired) electrons. The van der Waals surface area contributed by atoms with E-state index in [0.29, 0.717) is 16.8 Å². The van der Waals surface area contributed by atoms with Gasteiger partial charge in [0.05, 0.1) is 22.9 Å². The molecule has 0 saturated heterocycles. The van der Waals surface area contributed by atoms with Gasteiger partial charge in [-0.2, -0.15) is 10.5 Å². The average Bonchev–Trinajstić information content (AvgIpc) is 2.46. The molecule has 0 unspecified atom stereocenters. The van der Waals surface area contributed by atoms with Crippen LogP contribution in [0, 0.1) is 22.7 Å². The largest absolute Gasteiger partial charge is 0.256 e. The van der Waals surface area contributed by atoms with Crippen molar-refractivity contribution in [2.45, 2.75) is 0 Å². The molecule has 0 aliphatic heterocycles. The highest BCUT2D eigenvalue weighted by Gasteiger charge is 2.01. The summed E-state index contributed by atoms with van der Waals surface area (Å²) in [6.07, 6.45) is 3.37. The van der Waals surface area contributed by atoms with Crippen LogP contribution in [0.1, 0.15) is 16.8 Å². The van der Waals surface area contributed by atoms with Crippen molar-refractivity contribution in [3.8, 4) is 12.1 Å². The molecule has 3 heteroatoms. The van der Waals surface area contributed by atoms with Crippen LogP contribution >= 0.6 is 0 Å². The molecule has 0 atom stereocenters. The highest BCUT2D eigenvalue weighted by atomic mass is 14.7. The van der Waals surface area contributed by atoms with Crippen LogP contribution in [0.15, 0.2) is 48.7 Å². The van der Waals surface area contributed by atoms with Gasteiger partial charge in [-0.1, -0.05) is 18.2 Å². The fourth-order valence-corrected chi connectivity index (χ4v) is 1.55. The van der Waals surface area contributed by atoms with Gasteiger partial charge in [0.1, 0.15) is 6.07 Å². The van der Waals surface area contributed by atoms with E-state index in [0.717, 1.165) is 5.56 Å². The van der Waals surface area contributed by atoms with E-state index in [2.05, 4.69) is 17.1 Å². The van der Waals surface area contributed by atoms with Crippen molar-refractivity contribution in [1.82, 2.24) is 4.98 Å². The highest BCUT2D eigenvalue weighted by molar-refractivity contribution is 5.88. The van der Waals surface area contributed by atoms with Crippen LogP contribution in [0.25, 0.3) is 11.6 Å². The van der Waals surface area contributed by atoms with Crippen LogP contribution < -0.4 is 0 Å². The van der Waals surface area contributed by atoms with Gasteiger partial charge in [0, 0.05) is 6.20 Å². The van der Waals surface area contributed by atoms with Gasteiger partial charge < -0.3 is 0 Å². The number of allylic oxidation sites excluding steroid dienone is 1. The molecule has 18 heavy (non-hydrogen) atoms. The number of aromatic nitrogens is 1. The number of benzene rings is 1. The van der Waals surface area contributed by atoms with Crippen molar-refractivity contribution in [3.63, 3.8) is 0 Å². The maximum Gasteiger partial charge on any atom is 0.101 e. The van der Waals surface area contributed by atoms with E-state index in [-0.39, 0.29) is 0 Å². The molecule has 0 aliphatic carbocycles. The van der Waals surface area contributed by atoms with E-state index in [1.165, 1.54) is 0 Å². The molecule has 0 amide bonds. The Bertz CT molecular complexity index is 658. The Hall–Kier alpha value is -2.91. The zero-order valence-corrected chi connectivity index (χ0v) is 9.54. The fraction of sp³-hybridized carbons (Fsp3) is 0. The first-order valence-corrected chi connectivity index (χ1v) is 5.37. The SMILES string of the molecule is N#C/C(=C\c1cccc(C#N)c1)c1ccccn1. The Balaban J connectivity index is 2.43. The Labute approximate surface area is 105 Å². The van der Waals surface area contributed by atoms with Crippen LogP contribution in [0.5, 0.6) is 0 Å². The van der Waals surface area contributed by atoms with Gasteiger partial charge in [-0.25, -0.2) is 0 Å². The molecular formula is C15H9N3. The molecule has 0 bridgehead atoms. The minimum atomic E-state index is 0.477. The molecule has 1 aromatic carbocycles. The summed E-state index contributed by atoms with van der Waals surface area (Å²) in [5.41, 5.74) is 2.49. The number of nitriles is 2. The first-order chi connectivity index (χ1) is 8.83. The van der Waals surface area contributed by atoms with E-state index in [1.54, 1.807) is 42.6 Å². The van der Waals surface area contributed by atoms with Gasteiger partial charge in [0.2, 0.25) is 0 Å². The quantitative estimate of drug-likeness (QED) is 0.746. The topological polar surface area (TPSA) is 60.5 Å². The maximum absolute atomic E-state index is 9.14. The number of nitrogens with zero attached hydrogens (tertiary/aromatic N) is 3. The predicted octanol–water partition coefficient (Wildman–Crippen LogP) is 3.02.